The average molecular weight is 490 g/mol. The lowest BCUT2D eigenvalue weighted by molar-refractivity contribution is 0.471. The highest BCUT2D eigenvalue weighted by atomic mass is 32.2. The van der Waals surface area contributed by atoms with E-state index in [1.54, 1.807) is 0 Å². The summed E-state index contributed by atoms with van der Waals surface area (Å²) in [7, 11) is -14.4. The number of rotatable bonds is 5. The molecule has 15 heteroatoms. The molecule has 0 fully saturated rings. The Hall–Kier alpha value is -2.95. The molecule has 0 saturated carbocycles. The molecule has 31 heavy (non-hydrogen) atoms. The average Bonchev–Trinajstić information content (AvgIpc) is 2.60. The molecular weight excluding hydrogens is 476 g/mol. The van der Waals surface area contributed by atoms with Gasteiger partial charge in [0.15, 0.2) is 0 Å². The third kappa shape index (κ3) is 4.71. The number of aromatic hydroxyl groups is 1. The molecule has 0 bridgehead atoms. The van der Waals surface area contributed by atoms with Crippen LogP contribution in [0.15, 0.2) is 57.2 Å². The summed E-state index contributed by atoms with van der Waals surface area (Å²) in [5.74, 6) is -0.724. The summed E-state index contributed by atoms with van der Waals surface area (Å²) in [6.07, 6.45) is 0. The molecule has 0 radical (unpaired) electrons. The van der Waals surface area contributed by atoms with Crippen LogP contribution in [-0.2, 0) is 30.4 Å². The minimum absolute atomic E-state index is 0.0182. The number of nitrogen functional groups attached to an aromatic ring is 1. The van der Waals surface area contributed by atoms with Gasteiger partial charge in [0.05, 0.1) is 21.2 Å². The predicted octanol–water partition coefficient (Wildman–Crippen LogP) is 1.61. The number of nitrogens with one attached hydrogen (secondary N) is 1. The number of hydrogen-bond acceptors (Lipinski definition) is 9. The van der Waals surface area contributed by atoms with Gasteiger partial charge < -0.3 is 16.2 Å². The van der Waals surface area contributed by atoms with Gasteiger partial charge in [0.1, 0.15) is 10.6 Å². The second-order valence-electron chi connectivity index (χ2n) is 6.32. The first kappa shape index (κ1) is 22.7. The molecule has 0 amide bonds. The van der Waals surface area contributed by atoms with Crippen LogP contribution in [0.2, 0.25) is 0 Å². The van der Waals surface area contributed by atoms with Gasteiger partial charge in [-0.2, -0.15) is 25.3 Å². The minimum Gasteiger partial charge on any atom is -0.507 e. The fourth-order valence-electron chi connectivity index (χ4n) is 2.84. The topological polar surface area (TPSA) is 221 Å². The van der Waals surface area contributed by atoms with Gasteiger partial charge in [-0.25, -0.2) is 0 Å². The maximum Gasteiger partial charge on any atom is 0.296 e. The van der Waals surface area contributed by atoms with Crippen molar-refractivity contribution >= 4 is 58.2 Å². The zero-order chi connectivity index (χ0) is 23.4. The summed E-state index contributed by atoms with van der Waals surface area (Å²) in [6, 6.07) is 6.52. The predicted molar refractivity (Wildman–Crippen MR) is 109 cm³/mol. The van der Waals surface area contributed by atoms with Crippen molar-refractivity contribution in [2.24, 2.45) is 0 Å². The zero-order valence-electron chi connectivity index (χ0n) is 15.1. The van der Waals surface area contributed by atoms with E-state index in [1.165, 1.54) is 6.07 Å². The summed E-state index contributed by atoms with van der Waals surface area (Å²) < 4.78 is 97.7. The van der Waals surface area contributed by atoms with E-state index in [4.69, 9.17) is 5.73 Å². The second-order valence-corrected chi connectivity index (χ2v) is 10.6. The van der Waals surface area contributed by atoms with Crippen LogP contribution >= 0.6 is 0 Å². The fourth-order valence-corrected chi connectivity index (χ4v) is 4.60. The van der Waals surface area contributed by atoms with Gasteiger partial charge >= 0.3 is 0 Å². The van der Waals surface area contributed by atoms with Gasteiger partial charge in [-0.05, 0) is 41.8 Å². The maximum atomic E-state index is 11.7. The molecule has 0 saturated heterocycles. The number of phenols is 1. The number of anilines is 3. The van der Waals surface area contributed by atoms with Gasteiger partial charge in [0.25, 0.3) is 30.4 Å². The monoisotopic (exact) mass is 490 g/mol. The van der Waals surface area contributed by atoms with Crippen molar-refractivity contribution in [3.63, 3.8) is 0 Å². The van der Waals surface area contributed by atoms with Crippen LogP contribution in [0.3, 0.4) is 0 Å². The molecule has 3 aromatic rings. The maximum absolute atomic E-state index is 11.7. The Bertz CT molecular complexity index is 1540. The minimum atomic E-state index is -4.84. The first-order valence-electron chi connectivity index (χ1n) is 7.97. The van der Waals surface area contributed by atoms with Gasteiger partial charge in [0.2, 0.25) is 0 Å². The molecule has 0 unspecified atom stereocenters. The molecule has 7 N–H and O–H groups in total. The summed E-state index contributed by atoms with van der Waals surface area (Å²) in [5.41, 5.74) is 4.96. The van der Waals surface area contributed by atoms with Crippen molar-refractivity contribution in [3.05, 3.63) is 42.5 Å². The first-order valence-corrected chi connectivity index (χ1v) is 12.3. The van der Waals surface area contributed by atoms with Crippen molar-refractivity contribution in [2.75, 3.05) is 11.1 Å². The largest absolute Gasteiger partial charge is 0.507 e. The molecular formula is C16H14N2O10S3. The van der Waals surface area contributed by atoms with E-state index in [0.717, 1.165) is 30.3 Å². The Kier molecular flexibility index (Phi) is 5.37. The Morgan fingerprint density at radius 1 is 0.710 bits per heavy atom. The molecule has 3 rings (SSSR count). The molecule has 0 atom stereocenters. The summed E-state index contributed by atoms with van der Waals surface area (Å²) in [5, 5.41) is 12.4. The van der Waals surface area contributed by atoms with Crippen LogP contribution in [0.25, 0.3) is 10.8 Å². The first-order chi connectivity index (χ1) is 14.1. The lowest BCUT2D eigenvalue weighted by Crippen LogP contribution is -2.06. The summed E-state index contributed by atoms with van der Waals surface area (Å²) in [6.45, 7) is 0. The summed E-state index contributed by atoms with van der Waals surface area (Å²) in [4.78, 5) is -2.17. The smallest absolute Gasteiger partial charge is 0.296 e. The molecule has 0 spiro atoms. The van der Waals surface area contributed by atoms with Gasteiger partial charge in [-0.1, -0.05) is 0 Å². The molecule has 12 nitrogen and oxygen atoms in total. The molecule has 0 aliphatic heterocycles. The van der Waals surface area contributed by atoms with Gasteiger partial charge in [-0.15, -0.1) is 0 Å². The van der Waals surface area contributed by atoms with E-state index in [9.17, 15) is 44.0 Å². The van der Waals surface area contributed by atoms with Crippen LogP contribution in [0.4, 0.5) is 17.1 Å². The lowest BCUT2D eigenvalue weighted by atomic mass is 10.1. The summed E-state index contributed by atoms with van der Waals surface area (Å²) >= 11 is 0. The number of phenolic OH excluding ortho intramolecular Hbond substituents is 1. The lowest BCUT2D eigenvalue weighted by Gasteiger charge is -2.16. The van der Waals surface area contributed by atoms with E-state index in [0.29, 0.717) is 6.07 Å². The molecule has 166 valence electrons. The number of fused-ring (bicyclic) bond motifs is 1. The zero-order valence-corrected chi connectivity index (χ0v) is 17.5. The number of benzene rings is 3. The SMILES string of the molecule is Nc1ccc(Nc2cc(S(=O)(=O)O)cc3cc(S(=O)(=O)O)cc(O)c23)c(S(=O)(=O)O)c1. The Morgan fingerprint density at radius 2 is 1.26 bits per heavy atom. The van der Waals surface area contributed by atoms with Crippen LogP contribution < -0.4 is 11.1 Å². The van der Waals surface area contributed by atoms with Crippen molar-refractivity contribution in [2.45, 2.75) is 14.7 Å². The highest BCUT2D eigenvalue weighted by Gasteiger charge is 2.22. The van der Waals surface area contributed by atoms with E-state index < -0.39 is 50.8 Å². The normalized spacial score (nSPS) is 12.7. The third-order valence-electron chi connectivity index (χ3n) is 4.12. The highest BCUT2D eigenvalue weighted by Crippen LogP contribution is 2.39. The van der Waals surface area contributed by atoms with Crippen LogP contribution in [-0.4, -0.2) is 44.0 Å². The molecule has 0 aliphatic carbocycles. The van der Waals surface area contributed by atoms with Gasteiger partial charge in [0, 0.05) is 17.1 Å². The molecule has 3 aromatic carbocycles. The van der Waals surface area contributed by atoms with Crippen LogP contribution in [0, 0.1) is 0 Å². The van der Waals surface area contributed by atoms with Crippen molar-refractivity contribution in [3.8, 4) is 5.75 Å². The third-order valence-corrected chi connectivity index (χ3v) is 6.68. The van der Waals surface area contributed by atoms with E-state index >= 15 is 0 Å². The van der Waals surface area contributed by atoms with Crippen LogP contribution in [0.5, 0.6) is 5.75 Å². The van der Waals surface area contributed by atoms with Crippen molar-refractivity contribution in [1.29, 1.82) is 0 Å². The Labute approximate surface area is 176 Å². The fraction of sp³-hybridized carbons (Fsp3) is 0. The van der Waals surface area contributed by atoms with Gasteiger partial charge in [-0.3, -0.25) is 13.7 Å². The highest BCUT2D eigenvalue weighted by molar-refractivity contribution is 7.86. The Balaban J connectivity index is 2.38. The molecule has 0 aromatic heterocycles. The van der Waals surface area contributed by atoms with E-state index in [-0.39, 0.29) is 27.8 Å². The van der Waals surface area contributed by atoms with E-state index in [2.05, 4.69) is 5.32 Å². The molecule has 0 aliphatic rings. The molecule has 0 heterocycles. The number of hydrogen-bond donors (Lipinski definition) is 6. The number of nitrogens with two attached hydrogens (primary N) is 1. The second kappa shape index (κ2) is 7.33. The van der Waals surface area contributed by atoms with Crippen LogP contribution in [0.1, 0.15) is 0 Å². The van der Waals surface area contributed by atoms with Crippen molar-refractivity contribution in [1.82, 2.24) is 0 Å². The standard InChI is InChI=1S/C16H14N2O10S3/c17-9-1-2-12(15(5-9)31(26,27)28)18-13-6-10(29(20,21)22)3-8-4-11(30(23,24)25)7-14(19)16(8)13/h1-7,18-19H,17H2,(H,20,21,22)(H,23,24,25)(H,26,27,28). The van der Waals surface area contributed by atoms with E-state index in [1.807, 2.05) is 0 Å². The quantitative estimate of drug-likeness (QED) is 0.222. The van der Waals surface area contributed by atoms with Crippen molar-refractivity contribution < 1.29 is 44.0 Å². The Morgan fingerprint density at radius 3 is 1.77 bits per heavy atom.